The van der Waals surface area contributed by atoms with Crippen molar-refractivity contribution in [1.29, 1.82) is 0 Å². The lowest BCUT2D eigenvalue weighted by atomic mass is 10.1. The molecule has 0 aromatic heterocycles. The van der Waals surface area contributed by atoms with Gasteiger partial charge in [0.15, 0.2) is 5.11 Å². The number of carbonyl (C=O) groups is 2. The van der Waals surface area contributed by atoms with Crippen LogP contribution in [0.15, 0.2) is 48.5 Å². The van der Waals surface area contributed by atoms with Gasteiger partial charge in [0.2, 0.25) is 0 Å². The van der Waals surface area contributed by atoms with Gasteiger partial charge in [-0.15, -0.1) is 0 Å². The molecule has 0 bridgehead atoms. The molecule has 6 nitrogen and oxygen atoms in total. The molecule has 1 aliphatic heterocycles. The molecule has 0 radical (unpaired) electrons. The lowest BCUT2D eigenvalue weighted by molar-refractivity contribution is 0.0792. The van der Waals surface area contributed by atoms with Crippen LogP contribution in [0.2, 0.25) is 0 Å². The SMILES string of the molecule is CCCCOc1ccccc1C(=O)NC(=S)Nc1cccc(C(=O)N2CCCC2)c1. The molecule has 2 aromatic carbocycles. The lowest BCUT2D eigenvalue weighted by Gasteiger charge is -2.16. The van der Waals surface area contributed by atoms with Crippen molar-refractivity contribution in [2.75, 3.05) is 25.0 Å². The number of amides is 2. The van der Waals surface area contributed by atoms with Crippen LogP contribution in [0.5, 0.6) is 5.75 Å². The Labute approximate surface area is 182 Å². The molecular formula is C23H27N3O3S. The number of ether oxygens (including phenoxy) is 1. The number of rotatable bonds is 7. The van der Waals surface area contributed by atoms with Crippen LogP contribution in [-0.4, -0.2) is 41.5 Å². The fourth-order valence-electron chi connectivity index (χ4n) is 3.27. The van der Waals surface area contributed by atoms with E-state index in [1.165, 1.54) is 0 Å². The van der Waals surface area contributed by atoms with Gasteiger partial charge in [-0.2, -0.15) is 0 Å². The van der Waals surface area contributed by atoms with Crippen molar-refractivity contribution in [2.45, 2.75) is 32.6 Å². The Morgan fingerprint density at radius 3 is 2.63 bits per heavy atom. The summed E-state index contributed by atoms with van der Waals surface area (Å²) in [6.45, 7) is 4.23. The molecule has 0 spiro atoms. The maximum absolute atomic E-state index is 12.7. The third-order valence-electron chi connectivity index (χ3n) is 4.87. The van der Waals surface area contributed by atoms with Crippen LogP contribution in [0, 0.1) is 0 Å². The normalized spacial score (nSPS) is 13.0. The summed E-state index contributed by atoms with van der Waals surface area (Å²) < 4.78 is 5.72. The summed E-state index contributed by atoms with van der Waals surface area (Å²) in [5, 5.41) is 5.83. The molecule has 30 heavy (non-hydrogen) atoms. The Bertz CT molecular complexity index is 910. The Hall–Kier alpha value is -2.93. The molecule has 3 rings (SSSR count). The van der Waals surface area contributed by atoms with Crippen molar-refractivity contribution in [1.82, 2.24) is 10.2 Å². The smallest absolute Gasteiger partial charge is 0.261 e. The van der Waals surface area contributed by atoms with E-state index >= 15 is 0 Å². The molecule has 1 saturated heterocycles. The second-order valence-electron chi connectivity index (χ2n) is 7.19. The third kappa shape index (κ3) is 5.79. The zero-order valence-corrected chi connectivity index (χ0v) is 18.0. The van der Waals surface area contributed by atoms with Gasteiger partial charge in [-0.3, -0.25) is 14.9 Å². The van der Waals surface area contributed by atoms with Crippen LogP contribution in [-0.2, 0) is 0 Å². The van der Waals surface area contributed by atoms with Gasteiger partial charge in [0.05, 0.1) is 12.2 Å². The summed E-state index contributed by atoms with van der Waals surface area (Å²) in [7, 11) is 0. The summed E-state index contributed by atoms with van der Waals surface area (Å²) in [6.07, 6.45) is 4.02. The predicted molar refractivity (Wildman–Crippen MR) is 122 cm³/mol. The number of para-hydroxylation sites is 1. The molecule has 7 heteroatoms. The highest BCUT2D eigenvalue weighted by Crippen LogP contribution is 2.19. The topological polar surface area (TPSA) is 70.7 Å². The summed E-state index contributed by atoms with van der Waals surface area (Å²) in [6, 6.07) is 14.2. The van der Waals surface area contributed by atoms with Crippen LogP contribution in [0.4, 0.5) is 5.69 Å². The molecule has 2 aromatic rings. The van der Waals surface area contributed by atoms with Gasteiger partial charge in [0.1, 0.15) is 5.75 Å². The molecule has 158 valence electrons. The van der Waals surface area contributed by atoms with Gasteiger partial charge in [-0.05, 0) is 61.8 Å². The van der Waals surface area contributed by atoms with Crippen molar-refractivity contribution >= 4 is 34.8 Å². The van der Waals surface area contributed by atoms with E-state index in [2.05, 4.69) is 17.6 Å². The van der Waals surface area contributed by atoms with Gasteiger partial charge >= 0.3 is 0 Å². The highest BCUT2D eigenvalue weighted by atomic mass is 32.1. The van der Waals surface area contributed by atoms with Crippen LogP contribution in [0.3, 0.4) is 0 Å². The fraction of sp³-hybridized carbons (Fsp3) is 0.348. The largest absolute Gasteiger partial charge is 0.493 e. The first-order chi connectivity index (χ1) is 14.6. The lowest BCUT2D eigenvalue weighted by Crippen LogP contribution is -2.34. The molecule has 2 amide bonds. The van der Waals surface area contributed by atoms with E-state index in [9.17, 15) is 9.59 Å². The van der Waals surface area contributed by atoms with E-state index in [0.29, 0.717) is 29.2 Å². The molecule has 0 atom stereocenters. The minimum absolute atomic E-state index is 0.0178. The number of likely N-dealkylation sites (tertiary alicyclic amines) is 1. The summed E-state index contributed by atoms with van der Waals surface area (Å²) in [4.78, 5) is 27.1. The van der Waals surface area contributed by atoms with Gasteiger partial charge in [-0.1, -0.05) is 31.5 Å². The summed E-state index contributed by atoms with van der Waals surface area (Å²) in [5.74, 6) is 0.206. The molecule has 1 aliphatic rings. The number of unbranched alkanes of at least 4 members (excludes halogenated alkanes) is 1. The van der Waals surface area contributed by atoms with E-state index < -0.39 is 0 Å². The van der Waals surface area contributed by atoms with Gasteiger partial charge in [0, 0.05) is 24.3 Å². The minimum atomic E-state index is -0.344. The Morgan fingerprint density at radius 1 is 1.10 bits per heavy atom. The number of anilines is 1. The number of carbonyl (C=O) groups excluding carboxylic acids is 2. The predicted octanol–water partition coefficient (Wildman–Crippen LogP) is 4.23. The molecular weight excluding hydrogens is 398 g/mol. The van der Waals surface area contributed by atoms with Gasteiger partial charge < -0.3 is 15.0 Å². The Morgan fingerprint density at radius 2 is 1.87 bits per heavy atom. The number of thiocarbonyl (C=S) groups is 1. The maximum Gasteiger partial charge on any atom is 0.261 e. The van der Waals surface area contributed by atoms with Crippen LogP contribution in [0.25, 0.3) is 0 Å². The highest BCUT2D eigenvalue weighted by Gasteiger charge is 2.20. The molecule has 1 fully saturated rings. The van der Waals surface area contributed by atoms with Gasteiger partial charge in [0.25, 0.3) is 11.8 Å². The van der Waals surface area contributed by atoms with Crippen molar-refractivity contribution < 1.29 is 14.3 Å². The zero-order chi connectivity index (χ0) is 21.3. The summed E-state index contributed by atoms with van der Waals surface area (Å²) >= 11 is 5.30. The van der Waals surface area contributed by atoms with E-state index in [0.717, 1.165) is 38.8 Å². The number of benzene rings is 2. The first kappa shape index (κ1) is 21.8. The molecule has 2 N–H and O–H groups in total. The van der Waals surface area contributed by atoms with Crippen LogP contribution < -0.4 is 15.4 Å². The second kappa shape index (κ2) is 10.7. The zero-order valence-electron chi connectivity index (χ0n) is 17.1. The minimum Gasteiger partial charge on any atom is -0.493 e. The first-order valence-corrected chi connectivity index (χ1v) is 10.7. The first-order valence-electron chi connectivity index (χ1n) is 10.3. The van der Waals surface area contributed by atoms with Crippen molar-refractivity contribution in [3.8, 4) is 5.75 Å². The van der Waals surface area contributed by atoms with E-state index in [4.69, 9.17) is 17.0 Å². The monoisotopic (exact) mass is 425 g/mol. The maximum atomic E-state index is 12.7. The second-order valence-corrected chi connectivity index (χ2v) is 7.59. The number of hydrogen-bond donors (Lipinski definition) is 2. The van der Waals surface area contributed by atoms with Crippen molar-refractivity contribution in [2.24, 2.45) is 0 Å². The van der Waals surface area contributed by atoms with E-state index in [-0.39, 0.29) is 16.9 Å². The number of nitrogens with one attached hydrogen (secondary N) is 2. The average Bonchev–Trinajstić information content (AvgIpc) is 3.28. The van der Waals surface area contributed by atoms with Crippen molar-refractivity contribution in [3.05, 3.63) is 59.7 Å². The average molecular weight is 426 g/mol. The van der Waals surface area contributed by atoms with Crippen LogP contribution >= 0.6 is 12.2 Å². The fourth-order valence-corrected chi connectivity index (χ4v) is 3.48. The Kier molecular flexibility index (Phi) is 7.79. The third-order valence-corrected chi connectivity index (χ3v) is 5.08. The van der Waals surface area contributed by atoms with Crippen molar-refractivity contribution in [3.63, 3.8) is 0 Å². The Balaban J connectivity index is 1.61. The molecule has 1 heterocycles. The quantitative estimate of drug-likeness (QED) is 0.513. The molecule has 0 aliphatic carbocycles. The standard InChI is InChI=1S/C23H27N3O3S/c1-2-3-15-29-20-12-5-4-11-19(20)21(27)25-23(30)24-18-10-8-9-17(16-18)22(28)26-13-6-7-14-26/h4-5,8-12,16H,2-3,6-7,13-15H2,1H3,(H2,24,25,27,30). The molecule has 0 saturated carbocycles. The van der Waals surface area contributed by atoms with E-state index in [1.54, 1.807) is 42.5 Å². The van der Waals surface area contributed by atoms with E-state index in [1.807, 2.05) is 11.0 Å². The van der Waals surface area contributed by atoms with Crippen LogP contribution in [0.1, 0.15) is 53.3 Å². The number of hydrogen-bond acceptors (Lipinski definition) is 4. The number of nitrogens with zero attached hydrogens (tertiary/aromatic N) is 1. The van der Waals surface area contributed by atoms with Gasteiger partial charge in [-0.25, -0.2) is 0 Å². The molecule has 0 unspecified atom stereocenters. The highest BCUT2D eigenvalue weighted by molar-refractivity contribution is 7.80. The summed E-state index contributed by atoms with van der Waals surface area (Å²) in [5.41, 5.74) is 1.68.